The monoisotopic (exact) mass is 482 g/mol. The first-order valence-corrected chi connectivity index (χ1v) is 10.9. The molecule has 2 aromatic rings. The van der Waals surface area contributed by atoms with E-state index >= 15 is 0 Å². The molecule has 0 aliphatic carbocycles. The summed E-state index contributed by atoms with van der Waals surface area (Å²) < 4.78 is 10.6. The van der Waals surface area contributed by atoms with Crippen LogP contribution in [0.5, 0.6) is 0 Å². The summed E-state index contributed by atoms with van der Waals surface area (Å²) >= 11 is 12.5. The highest BCUT2D eigenvalue weighted by molar-refractivity contribution is 6.39. The van der Waals surface area contributed by atoms with Crippen molar-refractivity contribution >= 4 is 46.6 Å². The Bertz CT molecular complexity index is 911. The van der Waals surface area contributed by atoms with Gasteiger partial charge < -0.3 is 24.8 Å². The van der Waals surface area contributed by atoms with Gasteiger partial charge in [0.1, 0.15) is 12.2 Å². The zero-order valence-corrected chi connectivity index (χ0v) is 19.9. The molecule has 0 spiro atoms. The smallest absolute Gasteiger partial charge is 0.410 e. The van der Waals surface area contributed by atoms with Gasteiger partial charge >= 0.3 is 12.1 Å². The Labute approximate surface area is 198 Å². The molecular formula is C23H28Cl2N2O5. The topological polar surface area (TPSA) is 88.1 Å². The zero-order valence-electron chi connectivity index (χ0n) is 18.4. The number of halogens is 2. The summed E-state index contributed by atoms with van der Waals surface area (Å²) in [7, 11) is 0. The number of nitrogens with one attached hydrogen (secondary N) is 1. The van der Waals surface area contributed by atoms with E-state index in [1.54, 1.807) is 45.0 Å². The summed E-state index contributed by atoms with van der Waals surface area (Å²) in [6.07, 6.45) is -0.564. The largest absolute Gasteiger partial charge is 0.464 e. The molecular weight excluding hydrogens is 455 g/mol. The van der Waals surface area contributed by atoms with Crippen molar-refractivity contribution in [2.45, 2.75) is 32.8 Å². The second-order valence-electron chi connectivity index (χ2n) is 7.97. The van der Waals surface area contributed by atoms with Crippen LogP contribution in [0.2, 0.25) is 10.0 Å². The minimum Gasteiger partial charge on any atom is -0.464 e. The number of carbonyl (C=O) groups excluding carboxylic acids is 2. The summed E-state index contributed by atoms with van der Waals surface area (Å²) in [6.45, 7) is 5.20. The zero-order chi connectivity index (χ0) is 23.7. The molecule has 0 bridgehead atoms. The number of hydrogen-bond donors (Lipinski definition) is 2. The lowest BCUT2D eigenvalue weighted by atomic mass is 10.1. The molecule has 0 unspecified atom stereocenters. The van der Waals surface area contributed by atoms with Crippen LogP contribution in [-0.4, -0.2) is 54.0 Å². The van der Waals surface area contributed by atoms with Crippen molar-refractivity contribution in [2.75, 3.05) is 31.6 Å². The summed E-state index contributed by atoms with van der Waals surface area (Å²) in [6, 6.07) is 12.4. The number of aliphatic hydroxyl groups excluding tert-OH is 1. The van der Waals surface area contributed by atoms with Crippen LogP contribution in [0.4, 0.5) is 16.2 Å². The Kier molecular flexibility index (Phi) is 9.62. The van der Waals surface area contributed by atoms with Crippen LogP contribution < -0.4 is 5.32 Å². The van der Waals surface area contributed by atoms with Crippen molar-refractivity contribution < 1.29 is 24.2 Å². The first-order valence-electron chi connectivity index (χ1n) is 10.1. The number of hydrogen-bond acceptors (Lipinski definition) is 6. The van der Waals surface area contributed by atoms with Gasteiger partial charge in [-0.2, -0.15) is 0 Å². The first-order chi connectivity index (χ1) is 15.1. The summed E-state index contributed by atoms with van der Waals surface area (Å²) in [4.78, 5) is 25.9. The van der Waals surface area contributed by atoms with Gasteiger partial charge in [-0.25, -0.2) is 4.79 Å². The van der Waals surface area contributed by atoms with Gasteiger partial charge in [0.25, 0.3) is 0 Å². The van der Waals surface area contributed by atoms with Crippen molar-refractivity contribution in [1.29, 1.82) is 0 Å². The second kappa shape index (κ2) is 11.9. The number of anilines is 2. The number of benzene rings is 2. The van der Waals surface area contributed by atoms with Gasteiger partial charge in [-0.3, -0.25) is 4.79 Å². The number of ether oxygens (including phenoxy) is 2. The number of amides is 1. The van der Waals surface area contributed by atoms with Gasteiger partial charge in [-0.15, -0.1) is 0 Å². The van der Waals surface area contributed by atoms with Crippen molar-refractivity contribution in [3.8, 4) is 0 Å². The van der Waals surface area contributed by atoms with E-state index in [0.717, 1.165) is 0 Å². The predicted octanol–water partition coefficient (Wildman–Crippen LogP) is 5.05. The molecule has 0 saturated carbocycles. The fourth-order valence-electron chi connectivity index (χ4n) is 2.77. The molecule has 0 aromatic heterocycles. The van der Waals surface area contributed by atoms with Crippen LogP contribution in [0.3, 0.4) is 0 Å². The molecule has 32 heavy (non-hydrogen) atoms. The fourth-order valence-corrected chi connectivity index (χ4v) is 3.26. The van der Waals surface area contributed by atoms with E-state index in [1.807, 2.05) is 18.2 Å². The highest BCUT2D eigenvalue weighted by atomic mass is 35.5. The Morgan fingerprint density at radius 2 is 1.69 bits per heavy atom. The molecule has 0 atom stereocenters. The van der Waals surface area contributed by atoms with Crippen LogP contribution in [0.15, 0.2) is 42.5 Å². The highest BCUT2D eigenvalue weighted by Gasteiger charge is 2.22. The normalized spacial score (nSPS) is 11.1. The number of esters is 1. The predicted molar refractivity (Wildman–Crippen MR) is 126 cm³/mol. The standard InChI is InChI=1S/C23H28Cl2N2O5/c1-23(2,3)32-22(30)27(11-13-28)12-14-31-20(29)15-16-7-4-5-10-19(16)26-21-17(24)8-6-9-18(21)25/h4-10,26,28H,11-15H2,1-3H3. The van der Waals surface area contributed by atoms with Crippen molar-refractivity contribution in [1.82, 2.24) is 4.90 Å². The Morgan fingerprint density at radius 3 is 2.31 bits per heavy atom. The molecule has 2 rings (SSSR count). The molecule has 9 heteroatoms. The lowest BCUT2D eigenvalue weighted by molar-refractivity contribution is -0.143. The number of rotatable bonds is 9. The molecule has 0 heterocycles. The highest BCUT2D eigenvalue weighted by Crippen LogP contribution is 2.33. The molecule has 2 aromatic carbocycles. The molecule has 0 aliphatic heterocycles. The maximum Gasteiger partial charge on any atom is 0.410 e. The number of aliphatic hydroxyl groups is 1. The lowest BCUT2D eigenvalue weighted by Crippen LogP contribution is -2.40. The molecule has 0 aliphatic rings. The Hall–Kier alpha value is -2.48. The van der Waals surface area contributed by atoms with E-state index in [4.69, 9.17) is 32.7 Å². The van der Waals surface area contributed by atoms with E-state index in [9.17, 15) is 14.7 Å². The van der Waals surface area contributed by atoms with Crippen LogP contribution >= 0.6 is 23.2 Å². The molecule has 174 valence electrons. The van der Waals surface area contributed by atoms with Crippen LogP contribution in [0, 0.1) is 0 Å². The van der Waals surface area contributed by atoms with Crippen LogP contribution in [0.1, 0.15) is 26.3 Å². The third-order valence-electron chi connectivity index (χ3n) is 4.22. The third kappa shape index (κ3) is 8.22. The second-order valence-corrected chi connectivity index (χ2v) is 8.78. The van der Waals surface area contributed by atoms with Gasteiger partial charge in [0.2, 0.25) is 0 Å². The minimum atomic E-state index is -0.664. The number of carbonyl (C=O) groups is 2. The molecule has 0 fully saturated rings. The lowest BCUT2D eigenvalue weighted by Gasteiger charge is -2.26. The first kappa shape index (κ1) is 25.8. The van der Waals surface area contributed by atoms with Crippen LogP contribution in [-0.2, 0) is 20.7 Å². The number of nitrogens with zero attached hydrogens (tertiary/aromatic N) is 1. The fraction of sp³-hybridized carbons (Fsp3) is 0.391. The van der Waals surface area contributed by atoms with E-state index in [-0.39, 0.29) is 32.7 Å². The van der Waals surface area contributed by atoms with Crippen molar-refractivity contribution in [3.05, 3.63) is 58.1 Å². The van der Waals surface area contributed by atoms with E-state index in [0.29, 0.717) is 27.0 Å². The van der Waals surface area contributed by atoms with E-state index in [1.165, 1.54) is 4.90 Å². The van der Waals surface area contributed by atoms with Gasteiger partial charge in [0, 0.05) is 12.2 Å². The molecule has 0 radical (unpaired) electrons. The van der Waals surface area contributed by atoms with Crippen molar-refractivity contribution in [2.24, 2.45) is 0 Å². The quantitative estimate of drug-likeness (QED) is 0.486. The van der Waals surface area contributed by atoms with Crippen LogP contribution in [0.25, 0.3) is 0 Å². The Morgan fingerprint density at radius 1 is 1.03 bits per heavy atom. The molecule has 7 nitrogen and oxygen atoms in total. The van der Waals surface area contributed by atoms with Gasteiger partial charge in [-0.05, 0) is 44.5 Å². The summed E-state index contributed by atoms with van der Waals surface area (Å²) in [5.41, 5.74) is 1.26. The maximum atomic E-state index is 12.4. The summed E-state index contributed by atoms with van der Waals surface area (Å²) in [5, 5.41) is 13.3. The maximum absolute atomic E-state index is 12.4. The summed E-state index contributed by atoms with van der Waals surface area (Å²) in [5.74, 6) is -0.461. The van der Waals surface area contributed by atoms with E-state index < -0.39 is 17.7 Å². The average Bonchev–Trinajstić information content (AvgIpc) is 2.70. The van der Waals surface area contributed by atoms with Crippen molar-refractivity contribution in [3.63, 3.8) is 0 Å². The van der Waals surface area contributed by atoms with E-state index in [2.05, 4.69) is 5.32 Å². The molecule has 0 saturated heterocycles. The van der Waals surface area contributed by atoms with Gasteiger partial charge in [-0.1, -0.05) is 47.5 Å². The Balaban J connectivity index is 1.96. The average molecular weight is 483 g/mol. The van der Waals surface area contributed by atoms with Gasteiger partial charge in [0.15, 0.2) is 0 Å². The minimum absolute atomic E-state index is 0.0116. The van der Waals surface area contributed by atoms with Gasteiger partial charge in [0.05, 0.1) is 35.3 Å². The molecule has 2 N–H and O–H groups in total. The third-order valence-corrected chi connectivity index (χ3v) is 4.85. The SMILES string of the molecule is CC(C)(C)OC(=O)N(CCO)CCOC(=O)Cc1ccccc1Nc1c(Cl)cccc1Cl. The number of para-hydroxylation sites is 2. The molecule has 1 amide bonds.